The van der Waals surface area contributed by atoms with Crippen LogP contribution in [-0.2, 0) is 11.2 Å². The third-order valence-electron chi connectivity index (χ3n) is 4.18. The third kappa shape index (κ3) is 5.05. The van der Waals surface area contributed by atoms with E-state index in [1.807, 2.05) is 24.3 Å². The molecule has 1 saturated heterocycles. The Morgan fingerprint density at radius 2 is 2.10 bits per heavy atom. The zero-order valence-corrected chi connectivity index (χ0v) is 13.1. The Bertz CT molecular complexity index is 445. The molecule has 1 aromatic rings. The van der Waals surface area contributed by atoms with Crippen LogP contribution >= 0.6 is 0 Å². The van der Waals surface area contributed by atoms with Gasteiger partial charge in [0, 0.05) is 12.6 Å². The first-order valence-corrected chi connectivity index (χ1v) is 7.82. The molecule has 2 rings (SSSR count). The lowest BCUT2D eigenvalue weighted by Gasteiger charge is -2.32. The van der Waals surface area contributed by atoms with Gasteiger partial charge < -0.3 is 10.1 Å². The number of methoxy groups -OCH3 is 1. The maximum Gasteiger partial charge on any atom is 0.234 e. The second kappa shape index (κ2) is 8.03. The first-order chi connectivity index (χ1) is 10.2. The van der Waals surface area contributed by atoms with Crippen LogP contribution in [0.2, 0.25) is 0 Å². The van der Waals surface area contributed by atoms with Crippen molar-refractivity contribution in [1.82, 2.24) is 10.2 Å². The molecule has 4 heteroatoms. The number of piperidine rings is 1. The van der Waals surface area contributed by atoms with E-state index >= 15 is 0 Å². The van der Waals surface area contributed by atoms with Crippen LogP contribution in [0.4, 0.5) is 0 Å². The van der Waals surface area contributed by atoms with Crippen LogP contribution in [0.1, 0.15) is 31.7 Å². The van der Waals surface area contributed by atoms with Crippen molar-refractivity contribution < 1.29 is 9.53 Å². The smallest absolute Gasteiger partial charge is 0.234 e. The fourth-order valence-corrected chi connectivity index (χ4v) is 2.77. The molecule has 21 heavy (non-hydrogen) atoms. The topological polar surface area (TPSA) is 41.6 Å². The molecule has 1 aliphatic rings. The van der Waals surface area contributed by atoms with Crippen LogP contribution in [-0.4, -0.2) is 43.6 Å². The Hall–Kier alpha value is -1.55. The Morgan fingerprint density at radius 3 is 2.76 bits per heavy atom. The van der Waals surface area contributed by atoms with Gasteiger partial charge in [-0.15, -0.1) is 0 Å². The number of nitrogens with zero attached hydrogens (tertiary/aromatic N) is 1. The molecule has 0 unspecified atom stereocenters. The number of benzene rings is 1. The molecule has 1 heterocycles. The predicted molar refractivity (Wildman–Crippen MR) is 84.6 cm³/mol. The van der Waals surface area contributed by atoms with Crippen LogP contribution in [0, 0.1) is 0 Å². The number of ether oxygens (including phenoxy) is 1. The van der Waals surface area contributed by atoms with E-state index in [1.54, 1.807) is 7.11 Å². The quantitative estimate of drug-likeness (QED) is 0.873. The van der Waals surface area contributed by atoms with E-state index in [1.165, 1.54) is 24.8 Å². The highest BCUT2D eigenvalue weighted by molar-refractivity contribution is 5.78. The monoisotopic (exact) mass is 290 g/mol. The summed E-state index contributed by atoms with van der Waals surface area (Å²) in [4.78, 5) is 14.3. The summed E-state index contributed by atoms with van der Waals surface area (Å²) in [6, 6.07) is 8.51. The minimum Gasteiger partial charge on any atom is -0.497 e. The molecular weight excluding hydrogens is 264 g/mol. The van der Waals surface area contributed by atoms with Crippen molar-refractivity contribution in [2.75, 3.05) is 26.7 Å². The SMILES string of the molecule is COc1ccc(CCNC(=O)CN2CCCC[C@H]2C)cc1. The van der Waals surface area contributed by atoms with Gasteiger partial charge in [0.1, 0.15) is 5.75 Å². The lowest BCUT2D eigenvalue weighted by Crippen LogP contribution is -2.44. The summed E-state index contributed by atoms with van der Waals surface area (Å²) in [5, 5.41) is 3.02. The summed E-state index contributed by atoms with van der Waals surface area (Å²) in [5.41, 5.74) is 1.21. The number of rotatable bonds is 6. The minimum atomic E-state index is 0.136. The Kier molecular flexibility index (Phi) is 6.05. The van der Waals surface area contributed by atoms with Gasteiger partial charge in [0.05, 0.1) is 13.7 Å². The highest BCUT2D eigenvalue weighted by Gasteiger charge is 2.20. The summed E-state index contributed by atoms with van der Waals surface area (Å²) in [5.74, 6) is 0.999. The number of carbonyl (C=O) groups excluding carboxylic acids is 1. The Labute approximate surface area is 127 Å². The number of hydrogen-bond donors (Lipinski definition) is 1. The van der Waals surface area contributed by atoms with E-state index in [9.17, 15) is 4.79 Å². The largest absolute Gasteiger partial charge is 0.497 e. The van der Waals surface area contributed by atoms with Crippen molar-refractivity contribution in [3.05, 3.63) is 29.8 Å². The lowest BCUT2D eigenvalue weighted by molar-refractivity contribution is -0.123. The van der Waals surface area contributed by atoms with E-state index in [2.05, 4.69) is 17.1 Å². The van der Waals surface area contributed by atoms with Crippen LogP contribution in [0.15, 0.2) is 24.3 Å². The van der Waals surface area contributed by atoms with E-state index < -0.39 is 0 Å². The first kappa shape index (κ1) is 15.8. The standard InChI is InChI=1S/C17H26N2O2/c1-14-5-3-4-12-19(14)13-17(20)18-11-10-15-6-8-16(21-2)9-7-15/h6-9,14H,3-5,10-13H2,1-2H3,(H,18,20)/t14-/m1/s1. The van der Waals surface area contributed by atoms with Crippen molar-refractivity contribution in [3.8, 4) is 5.75 Å². The van der Waals surface area contributed by atoms with Crippen molar-refractivity contribution >= 4 is 5.91 Å². The maximum absolute atomic E-state index is 12.0. The highest BCUT2D eigenvalue weighted by Crippen LogP contribution is 2.15. The predicted octanol–water partition coefficient (Wildman–Crippen LogP) is 2.23. The summed E-state index contributed by atoms with van der Waals surface area (Å²) in [7, 11) is 1.66. The molecule has 1 aliphatic heterocycles. The molecule has 0 radical (unpaired) electrons. The van der Waals surface area contributed by atoms with Crippen molar-refractivity contribution in [2.24, 2.45) is 0 Å². The summed E-state index contributed by atoms with van der Waals surface area (Å²) >= 11 is 0. The molecular formula is C17H26N2O2. The normalized spacial score (nSPS) is 19.2. The van der Waals surface area contributed by atoms with Gasteiger partial charge in [-0.1, -0.05) is 18.6 Å². The zero-order valence-electron chi connectivity index (χ0n) is 13.1. The van der Waals surface area contributed by atoms with Gasteiger partial charge in [-0.05, 0) is 50.4 Å². The first-order valence-electron chi connectivity index (χ1n) is 7.82. The molecule has 1 atom stereocenters. The number of likely N-dealkylation sites (tertiary alicyclic amines) is 1. The molecule has 0 bridgehead atoms. The molecule has 0 saturated carbocycles. The molecule has 0 spiro atoms. The molecule has 1 N–H and O–H groups in total. The minimum absolute atomic E-state index is 0.136. The molecule has 4 nitrogen and oxygen atoms in total. The number of carbonyl (C=O) groups is 1. The summed E-state index contributed by atoms with van der Waals surface area (Å²) in [6.45, 7) is 4.48. The van der Waals surface area contributed by atoms with Crippen LogP contribution in [0.3, 0.4) is 0 Å². The second-order valence-corrected chi connectivity index (χ2v) is 5.76. The van der Waals surface area contributed by atoms with Crippen LogP contribution in [0.5, 0.6) is 5.75 Å². The van der Waals surface area contributed by atoms with Gasteiger partial charge in [0.25, 0.3) is 0 Å². The fraction of sp³-hybridized carbons (Fsp3) is 0.588. The lowest BCUT2D eigenvalue weighted by atomic mass is 10.0. The van der Waals surface area contributed by atoms with Gasteiger partial charge in [0.2, 0.25) is 5.91 Å². The molecule has 116 valence electrons. The fourth-order valence-electron chi connectivity index (χ4n) is 2.77. The third-order valence-corrected chi connectivity index (χ3v) is 4.18. The van der Waals surface area contributed by atoms with Crippen molar-refractivity contribution in [1.29, 1.82) is 0 Å². The van der Waals surface area contributed by atoms with Crippen molar-refractivity contribution in [3.63, 3.8) is 0 Å². The van der Waals surface area contributed by atoms with Gasteiger partial charge in [-0.3, -0.25) is 9.69 Å². The molecule has 1 amide bonds. The average molecular weight is 290 g/mol. The number of hydrogen-bond acceptors (Lipinski definition) is 3. The van der Waals surface area contributed by atoms with E-state index in [0.29, 0.717) is 19.1 Å². The summed E-state index contributed by atoms with van der Waals surface area (Å²) < 4.78 is 5.13. The van der Waals surface area contributed by atoms with Crippen LogP contribution in [0.25, 0.3) is 0 Å². The maximum atomic E-state index is 12.0. The van der Waals surface area contributed by atoms with E-state index in [0.717, 1.165) is 18.7 Å². The Balaban J connectivity index is 1.68. The zero-order chi connectivity index (χ0) is 15.1. The molecule has 0 aromatic heterocycles. The molecule has 1 fully saturated rings. The van der Waals surface area contributed by atoms with E-state index in [-0.39, 0.29) is 5.91 Å². The molecule has 0 aliphatic carbocycles. The molecule has 1 aromatic carbocycles. The second-order valence-electron chi connectivity index (χ2n) is 5.76. The highest BCUT2D eigenvalue weighted by atomic mass is 16.5. The van der Waals surface area contributed by atoms with Crippen molar-refractivity contribution in [2.45, 2.75) is 38.6 Å². The number of amides is 1. The van der Waals surface area contributed by atoms with Gasteiger partial charge >= 0.3 is 0 Å². The van der Waals surface area contributed by atoms with Gasteiger partial charge in [-0.25, -0.2) is 0 Å². The van der Waals surface area contributed by atoms with Gasteiger partial charge in [0.15, 0.2) is 0 Å². The average Bonchev–Trinajstić information content (AvgIpc) is 2.50. The van der Waals surface area contributed by atoms with Crippen LogP contribution < -0.4 is 10.1 Å². The number of nitrogens with one attached hydrogen (secondary N) is 1. The summed E-state index contributed by atoms with van der Waals surface area (Å²) in [6.07, 6.45) is 4.56. The van der Waals surface area contributed by atoms with E-state index in [4.69, 9.17) is 4.74 Å². The van der Waals surface area contributed by atoms with Gasteiger partial charge in [-0.2, -0.15) is 0 Å². The Morgan fingerprint density at radius 1 is 1.33 bits per heavy atom.